The van der Waals surface area contributed by atoms with E-state index in [0.29, 0.717) is 12.2 Å². The van der Waals surface area contributed by atoms with Gasteiger partial charge in [0.15, 0.2) is 0 Å². The van der Waals surface area contributed by atoms with Crippen LogP contribution in [-0.4, -0.2) is 33.1 Å². The van der Waals surface area contributed by atoms with Crippen LogP contribution in [0.5, 0.6) is 0 Å². The molecule has 0 aromatic heterocycles. The summed E-state index contributed by atoms with van der Waals surface area (Å²) in [5.74, 6) is -3.09. The van der Waals surface area contributed by atoms with Gasteiger partial charge in [-0.1, -0.05) is 60.7 Å². The molecule has 0 aliphatic rings. The molecular weight excluding hydrogens is 495 g/mol. The fourth-order valence-electron chi connectivity index (χ4n) is 2.44. The second-order valence-electron chi connectivity index (χ2n) is 6.90. The second kappa shape index (κ2) is 21.2. The molecule has 2 aromatic carbocycles. The van der Waals surface area contributed by atoms with Gasteiger partial charge in [-0.25, -0.2) is 0 Å². The van der Waals surface area contributed by atoms with Crippen LogP contribution >= 0.6 is 0 Å². The van der Waals surface area contributed by atoms with E-state index in [1.54, 1.807) is 8.87 Å². The maximum absolute atomic E-state index is 9.41. The number of carbonyl (C=O) groups is 2. The van der Waals surface area contributed by atoms with Crippen LogP contribution in [0.25, 0.3) is 0 Å². The molecule has 2 rings (SSSR count). The molecule has 0 fully saturated rings. The molecule has 2 aromatic rings. The molecule has 0 amide bonds. The van der Waals surface area contributed by atoms with Crippen molar-refractivity contribution < 1.29 is 19.8 Å². The smallest absolute Gasteiger partial charge is 0.0643 e. The molecule has 0 N–H and O–H groups in total. The summed E-state index contributed by atoms with van der Waals surface area (Å²) in [4.78, 5) is 18.8. The van der Waals surface area contributed by atoms with Gasteiger partial charge in [0.1, 0.15) is 0 Å². The molecule has 0 saturated heterocycles. The molecule has 0 radical (unpaired) electrons. The van der Waals surface area contributed by atoms with Gasteiger partial charge in [-0.2, -0.15) is 0 Å². The van der Waals surface area contributed by atoms with Crippen LogP contribution in [-0.2, 0) is 22.4 Å². The monoisotopic (exact) mass is 530 g/mol. The van der Waals surface area contributed by atoms with E-state index in [4.69, 9.17) is 0 Å². The SMILES string of the molecule is CCC[CH2][Sn+2][CH2]CCC.O=C([O-])/C=C\C(=O)[O-].c1ccc(CCc2ccccc2)cc1. The van der Waals surface area contributed by atoms with Crippen molar-refractivity contribution in [3.8, 4) is 0 Å². The number of carboxylic acids is 2. The summed E-state index contributed by atoms with van der Waals surface area (Å²) in [7, 11) is 0. The molecule has 166 valence electrons. The number of hydrogen-bond donors (Lipinski definition) is 0. The third-order valence-electron chi connectivity index (χ3n) is 4.16. The maximum atomic E-state index is 9.41. The summed E-state index contributed by atoms with van der Waals surface area (Å²) in [6.45, 7) is 4.58. The van der Waals surface area contributed by atoms with Crippen molar-refractivity contribution in [2.24, 2.45) is 0 Å². The van der Waals surface area contributed by atoms with Crippen LogP contribution in [0, 0.1) is 0 Å². The van der Waals surface area contributed by atoms with Gasteiger partial charge in [0.25, 0.3) is 0 Å². The second-order valence-corrected chi connectivity index (χ2v) is 11.2. The van der Waals surface area contributed by atoms with Crippen molar-refractivity contribution in [1.29, 1.82) is 0 Å². The van der Waals surface area contributed by atoms with E-state index in [2.05, 4.69) is 74.5 Å². The summed E-state index contributed by atoms with van der Waals surface area (Å²) in [5, 5.41) is 18.8. The quantitative estimate of drug-likeness (QED) is 0.253. The summed E-state index contributed by atoms with van der Waals surface area (Å²) in [5.41, 5.74) is 2.83. The van der Waals surface area contributed by atoms with Crippen LogP contribution in [0.1, 0.15) is 50.7 Å². The average Bonchev–Trinajstić information content (AvgIpc) is 2.79. The number of unbranched alkanes of at least 4 members (excludes halogenated alkanes) is 2. The van der Waals surface area contributed by atoms with Gasteiger partial charge in [0.2, 0.25) is 0 Å². The van der Waals surface area contributed by atoms with E-state index in [1.165, 1.54) is 36.8 Å². The van der Waals surface area contributed by atoms with Crippen molar-refractivity contribution in [3.05, 3.63) is 83.9 Å². The number of carbonyl (C=O) groups excluding carboxylic acids is 2. The van der Waals surface area contributed by atoms with Crippen molar-refractivity contribution >= 4 is 33.1 Å². The predicted octanol–water partition coefficient (Wildman–Crippen LogP) is 3.64. The molecule has 31 heavy (non-hydrogen) atoms. The topological polar surface area (TPSA) is 80.3 Å². The Hall–Kier alpha value is -2.08. The Morgan fingerprint density at radius 1 is 0.710 bits per heavy atom. The van der Waals surface area contributed by atoms with Gasteiger partial charge in [-0.3, -0.25) is 0 Å². The van der Waals surface area contributed by atoms with E-state index in [0.717, 1.165) is 12.8 Å². The number of aliphatic carboxylic acids is 2. The van der Waals surface area contributed by atoms with E-state index in [1.807, 2.05) is 0 Å². The first-order valence-corrected chi connectivity index (χ1v) is 14.9. The predicted molar refractivity (Wildman–Crippen MR) is 125 cm³/mol. The van der Waals surface area contributed by atoms with Gasteiger partial charge >= 0.3 is 69.5 Å². The fraction of sp³-hybridized carbons (Fsp3) is 0.385. The first kappa shape index (κ1) is 28.9. The molecule has 0 aliphatic heterocycles. The number of rotatable bonds is 11. The zero-order valence-electron chi connectivity index (χ0n) is 18.7. The molecule has 0 atom stereocenters. The van der Waals surface area contributed by atoms with Crippen LogP contribution in [0.4, 0.5) is 0 Å². The Morgan fingerprint density at radius 2 is 1.06 bits per heavy atom. The Morgan fingerprint density at radius 3 is 1.35 bits per heavy atom. The van der Waals surface area contributed by atoms with Crippen LogP contribution in [0.15, 0.2) is 72.8 Å². The minimum atomic E-state index is -1.55. The average molecular weight is 529 g/mol. The van der Waals surface area contributed by atoms with E-state index in [-0.39, 0.29) is 21.1 Å². The van der Waals surface area contributed by atoms with Gasteiger partial charge in [0, 0.05) is 0 Å². The van der Waals surface area contributed by atoms with Gasteiger partial charge in [0.05, 0.1) is 11.9 Å². The number of aryl methyl sites for hydroxylation is 2. The largest absolute Gasteiger partial charge is 0.545 e. The molecular formula is C26H34O4Sn. The minimum absolute atomic E-state index is 0.149. The third-order valence-corrected chi connectivity index (χ3v) is 8.19. The van der Waals surface area contributed by atoms with Gasteiger partial charge in [-0.05, 0) is 36.1 Å². The molecule has 4 nitrogen and oxygen atoms in total. The summed E-state index contributed by atoms with van der Waals surface area (Å²) < 4.78 is 3.25. The fourth-order valence-corrected chi connectivity index (χ4v) is 6.60. The Labute approximate surface area is 197 Å². The summed E-state index contributed by atoms with van der Waals surface area (Å²) in [6.07, 6.45) is 8.87. The van der Waals surface area contributed by atoms with E-state index >= 15 is 0 Å². The van der Waals surface area contributed by atoms with Gasteiger partial charge < -0.3 is 19.8 Å². The Kier molecular flexibility index (Phi) is 19.7. The molecule has 0 spiro atoms. The van der Waals surface area contributed by atoms with Crippen LogP contribution in [0.2, 0.25) is 8.87 Å². The third kappa shape index (κ3) is 21.0. The summed E-state index contributed by atoms with van der Waals surface area (Å²) >= 11 is 0.149. The first-order valence-electron chi connectivity index (χ1n) is 10.9. The molecule has 0 unspecified atom stereocenters. The minimum Gasteiger partial charge on any atom is -0.545 e. The van der Waals surface area contributed by atoms with Gasteiger partial charge in [-0.15, -0.1) is 0 Å². The Balaban J connectivity index is 0.000000465. The Bertz CT molecular complexity index is 653. The molecule has 0 aliphatic carbocycles. The summed E-state index contributed by atoms with van der Waals surface area (Å²) in [6, 6.07) is 21.2. The molecule has 5 heteroatoms. The van der Waals surface area contributed by atoms with Crippen LogP contribution in [0.3, 0.4) is 0 Å². The standard InChI is InChI=1S/C14H14.C4H4O4.2C4H9.Sn/c1-3-7-13(8-4-1)11-12-14-9-5-2-6-10-14;5-3(6)1-2-4(7)8;2*1-3-4-2;/h1-10H,11-12H2;1-2H,(H,5,6)(H,7,8);2*1,3-4H2,2H3;/q;;;;+2/p-2/b;2-1-;;;. The van der Waals surface area contributed by atoms with Crippen molar-refractivity contribution in [2.45, 2.75) is 61.2 Å². The number of hydrogen-bond acceptors (Lipinski definition) is 4. The first-order chi connectivity index (χ1) is 15.0. The normalized spacial score (nSPS) is 9.61. The molecule has 0 bridgehead atoms. The van der Waals surface area contributed by atoms with Crippen molar-refractivity contribution in [1.82, 2.24) is 0 Å². The molecule has 0 saturated carbocycles. The van der Waals surface area contributed by atoms with E-state index in [9.17, 15) is 19.8 Å². The van der Waals surface area contributed by atoms with Crippen molar-refractivity contribution in [2.75, 3.05) is 0 Å². The maximum Gasteiger partial charge on any atom is 0.0643 e. The zero-order valence-corrected chi connectivity index (χ0v) is 21.6. The van der Waals surface area contributed by atoms with Crippen molar-refractivity contribution in [3.63, 3.8) is 0 Å². The number of benzene rings is 2. The van der Waals surface area contributed by atoms with Crippen LogP contribution < -0.4 is 10.2 Å². The number of carboxylic acid groups (broad SMARTS) is 2. The van der Waals surface area contributed by atoms with E-state index < -0.39 is 11.9 Å². The molecule has 0 heterocycles. The zero-order chi connectivity index (χ0) is 23.2.